The summed E-state index contributed by atoms with van der Waals surface area (Å²) in [6.45, 7) is 0. The Morgan fingerprint density at radius 1 is 1.33 bits per heavy atom. The minimum atomic E-state index is -0.127. The number of carbonyl (C=O) groups is 1. The van der Waals surface area contributed by atoms with Gasteiger partial charge in [0, 0.05) is 24.4 Å². The Morgan fingerprint density at radius 2 is 2.11 bits per heavy atom. The first-order valence-electron chi connectivity index (χ1n) is 5.22. The predicted molar refractivity (Wildman–Crippen MR) is 73.0 cm³/mol. The molecule has 3 nitrogen and oxygen atoms in total. The van der Waals surface area contributed by atoms with Gasteiger partial charge in [0.15, 0.2) is 5.78 Å². The zero-order chi connectivity index (χ0) is 13.1. The fraction of sp³-hybridized carbons (Fsp3) is 0.0769. The van der Waals surface area contributed by atoms with Crippen LogP contribution in [-0.2, 0) is 7.05 Å². The minimum Gasteiger partial charge on any atom is -0.289 e. The standard InChI is InChI=1S/C13H10Cl2N2O/c1-17-8-9(7-16-17)2-5-13(18)10-3-4-11(14)12(15)6-10/h2-8H,1H3. The molecule has 92 valence electrons. The molecule has 1 aromatic heterocycles. The van der Waals surface area contributed by atoms with Crippen molar-refractivity contribution in [1.29, 1.82) is 0 Å². The monoisotopic (exact) mass is 280 g/mol. The van der Waals surface area contributed by atoms with Gasteiger partial charge in [0.1, 0.15) is 0 Å². The van der Waals surface area contributed by atoms with Crippen LogP contribution in [0.1, 0.15) is 15.9 Å². The molecule has 0 aliphatic carbocycles. The molecule has 0 radical (unpaired) electrons. The van der Waals surface area contributed by atoms with E-state index in [2.05, 4.69) is 5.10 Å². The van der Waals surface area contributed by atoms with Gasteiger partial charge >= 0.3 is 0 Å². The number of rotatable bonds is 3. The van der Waals surface area contributed by atoms with E-state index < -0.39 is 0 Å². The molecule has 0 amide bonds. The Balaban J connectivity index is 2.16. The van der Waals surface area contributed by atoms with Crippen molar-refractivity contribution < 1.29 is 4.79 Å². The van der Waals surface area contributed by atoms with Gasteiger partial charge in [-0.1, -0.05) is 23.2 Å². The number of nitrogens with zero attached hydrogens (tertiary/aromatic N) is 2. The first kappa shape index (κ1) is 12.9. The minimum absolute atomic E-state index is 0.127. The van der Waals surface area contributed by atoms with E-state index in [-0.39, 0.29) is 5.78 Å². The van der Waals surface area contributed by atoms with Gasteiger partial charge in [-0.05, 0) is 30.4 Å². The molecule has 0 saturated heterocycles. The number of hydrogen-bond donors (Lipinski definition) is 0. The highest BCUT2D eigenvalue weighted by atomic mass is 35.5. The molecule has 5 heteroatoms. The number of allylic oxidation sites excluding steroid dienone is 1. The first-order chi connectivity index (χ1) is 8.56. The maximum absolute atomic E-state index is 11.9. The van der Waals surface area contributed by atoms with Crippen LogP contribution in [0.15, 0.2) is 36.7 Å². The molecule has 1 heterocycles. The van der Waals surface area contributed by atoms with E-state index in [1.807, 2.05) is 13.2 Å². The summed E-state index contributed by atoms with van der Waals surface area (Å²) in [5.74, 6) is -0.127. The molecule has 2 rings (SSSR count). The van der Waals surface area contributed by atoms with Gasteiger partial charge in [-0.2, -0.15) is 5.10 Å². The van der Waals surface area contributed by atoms with Gasteiger partial charge in [-0.25, -0.2) is 0 Å². The topological polar surface area (TPSA) is 34.9 Å². The Kier molecular flexibility index (Phi) is 3.84. The maximum Gasteiger partial charge on any atom is 0.185 e. The van der Waals surface area contributed by atoms with Crippen LogP contribution >= 0.6 is 23.2 Å². The second kappa shape index (κ2) is 5.38. The highest BCUT2D eigenvalue weighted by Crippen LogP contribution is 2.23. The van der Waals surface area contributed by atoms with Crippen LogP contribution in [0, 0.1) is 0 Å². The molecule has 0 aliphatic rings. The molecule has 0 N–H and O–H groups in total. The largest absolute Gasteiger partial charge is 0.289 e. The maximum atomic E-state index is 11.9. The summed E-state index contributed by atoms with van der Waals surface area (Å²) in [7, 11) is 1.82. The van der Waals surface area contributed by atoms with Crippen molar-refractivity contribution in [3.8, 4) is 0 Å². The van der Waals surface area contributed by atoms with Crippen LogP contribution < -0.4 is 0 Å². The number of aryl methyl sites for hydroxylation is 1. The lowest BCUT2D eigenvalue weighted by Crippen LogP contribution is -1.93. The molecular formula is C13H10Cl2N2O. The Hall–Kier alpha value is -1.58. The molecule has 0 unspecified atom stereocenters. The van der Waals surface area contributed by atoms with E-state index in [4.69, 9.17) is 23.2 Å². The lowest BCUT2D eigenvalue weighted by atomic mass is 10.1. The van der Waals surface area contributed by atoms with E-state index in [1.165, 1.54) is 6.08 Å². The normalized spacial score (nSPS) is 11.1. The summed E-state index contributed by atoms with van der Waals surface area (Å²) in [5.41, 5.74) is 1.37. The molecule has 0 fully saturated rings. The van der Waals surface area contributed by atoms with Crippen molar-refractivity contribution >= 4 is 35.1 Å². The summed E-state index contributed by atoms with van der Waals surface area (Å²) in [6, 6.07) is 4.80. The molecule has 2 aromatic rings. The van der Waals surface area contributed by atoms with Gasteiger partial charge in [-0.3, -0.25) is 9.48 Å². The van der Waals surface area contributed by atoms with Crippen LogP contribution in [0.25, 0.3) is 6.08 Å². The van der Waals surface area contributed by atoms with Crippen molar-refractivity contribution in [2.24, 2.45) is 7.05 Å². The van der Waals surface area contributed by atoms with Crippen LogP contribution in [0.3, 0.4) is 0 Å². The summed E-state index contributed by atoms with van der Waals surface area (Å²) < 4.78 is 1.67. The Morgan fingerprint density at radius 3 is 2.72 bits per heavy atom. The molecule has 1 aromatic carbocycles. The molecule has 0 bridgehead atoms. The van der Waals surface area contributed by atoms with E-state index in [9.17, 15) is 4.79 Å². The number of ketones is 1. The van der Waals surface area contributed by atoms with E-state index >= 15 is 0 Å². The van der Waals surface area contributed by atoms with E-state index in [0.717, 1.165) is 5.56 Å². The van der Waals surface area contributed by atoms with Crippen molar-refractivity contribution in [2.45, 2.75) is 0 Å². The first-order valence-corrected chi connectivity index (χ1v) is 5.98. The summed E-state index contributed by atoms with van der Waals surface area (Å²) in [4.78, 5) is 11.9. The molecule has 18 heavy (non-hydrogen) atoms. The Labute approximate surface area is 115 Å². The second-order valence-corrected chi connectivity index (χ2v) is 4.59. The van der Waals surface area contributed by atoms with Crippen LogP contribution in [0.4, 0.5) is 0 Å². The molecule has 0 spiro atoms. The third kappa shape index (κ3) is 3.00. The Bertz CT molecular complexity index is 617. The third-order valence-electron chi connectivity index (χ3n) is 2.36. The van der Waals surface area contributed by atoms with Crippen molar-refractivity contribution in [3.63, 3.8) is 0 Å². The lowest BCUT2D eigenvalue weighted by molar-refractivity contribution is 0.104. The van der Waals surface area contributed by atoms with Crippen LogP contribution in [-0.4, -0.2) is 15.6 Å². The van der Waals surface area contributed by atoms with Gasteiger partial charge in [-0.15, -0.1) is 0 Å². The number of benzene rings is 1. The number of halogens is 2. The van der Waals surface area contributed by atoms with Crippen molar-refractivity contribution in [3.05, 3.63) is 57.8 Å². The van der Waals surface area contributed by atoms with Crippen LogP contribution in [0.2, 0.25) is 10.0 Å². The number of hydrogen-bond acceptors (Lipinski definition) is 2. The second-order valence-electron chi connectivity index (χ2n) is 3.77. The summed E-state index contributed by atoms with van der Waals surface area (Å²) in [6.07, 6.45) is 6.69. The van der Waals surface area contributed by atoms with Gasteiger partial charge in [0.2, 0.25) is 0 Å². The molecule has 0 atom stereocenters. The van der Waals surface area contributed by atoms with E-state index in [0.29, 0.717) is 15.6 Å². The smallest absolute Gasteiger partial charge is 0.185 e. The highest BCUT2D eigenvalue weighted by molar-refractivity contribution is 6.42. The number of aromatic nitrogens is 2. The lowest BCUT2D eigenvalue weighted by Gasteiger charge is -1.98. The van der Waals surface area contributed by atoms with E-state index in [1.54, 1.807) is 35.2 Å². The third-order valence-corrected chi connectivity index (χ3v) is 3.10. The number of carbonyl (C=O) groups excluding carboxylic acids is 1. The van der Waals surface area contributed by atoms with Crippen LogP contribution in [0.5, 0.6) is 0 Å². The highest BCUT2D eigenvalue weighted by Gasteiger charge is 2.05. The average Bonchev–Trinajstić information content (AvgIpc) is 2.75. The zero-order valence-electron chi connectivity index (χ0n) is 9.60. The van der Waals surface area contributed by atoms with Crippen molar-refractivity contribution in [1.82, 2.24) is 9.78 Å². The van der Waals surface area contributed by atoms with Crippen molar-refractivity contribution in [2.75, 3.05) is 0 Å². The van der Waals surface area contributed by atoms with Gasteiger partial charge in [0.05, 0.1) is 16.2 Å². The molecule has 0 saturated carbocycles. The average molecular weight is 281 g/mol. The summed E-state index contributed by atoms with van der Waals surface area (Å²) in [5, 5.41) is 4.82. The summed E-state index contributed by atoms with van der Waals surface area (Å²) >= 11 is 11.6. The molecular weight excluding hydrogens is 271 g/mol. The van der Waals surface area contributed by atoms with Gasteiger partial charge in [0.25, 0.3) is 0 Å². The van der Waals surface area contributed by atoms with Gasteiger partial charge < -0.3 is 0 Å². The fourth-order valence-electron chi connectivity index (χ4n) is 1.44. The quantitative estimate of drug-likeness (QED) is 0.636. The fourth-order valence-corrected chi connectivity index (χ4v) is 1.74. The molecule has 0 aliphatic heterocycles. The predicted octanol–water partition coefficient (Wildman–Crippen LogP) is 3.62. The zero-order valence-corrected chi connectivity index (χ0v) is 11.1. The SMILES string of the molecule is Cn1cc(C=CC(=O)c2ccc(Cl)c(Cl)c2)cn1.